The van der Waals surface area contributed by atoms with Gasteiger partial charge in [-0.05, 0) is 37.1 Å². The molecule has 0 saturated carbocycles. The van der Waals surface area contributed by atoms with Crippen molar-refractivity contribution in [3.63, 3.8) is 0 Å². The molecule has 1 atom stereocenters. The molecule has 31 heavy (non-hydrogen) atoms. The van der Waals surface area contributed by atoms with E-state index in [-0.39, 0.29) is 6.10 Å². The molecule has 164 valence electrons. The molecule has 4 heterocycles. The maximum Gasteiger partial charge on any atom is 0.228 e. The van der Waals surface area contributed by atoms with Gasteiger partial charge in [0.25, 0.3) is 0 Å². The molecule has 1 aromatic carbocycles. The maximum atomic E-state index is 5.97. The van der Waals surface area contributed by atoms with Crippen LogP contribution in [0.5, 0.6) is 0 Å². The number of morpholine rings is 1. The van der Waals surface area contributed by atoms with Crippen molar-refractivity contribution in [1.29, 1.82) is 0 Å². The summed E-state index contributed by atoms with van der Waals surface area (Å²) in [6.07, 6.45) is 4.12. The van der Waals surface area contributed by atoms with Gasteiger partial charge in [0.15, 0.2) is 10.9 Å². The van der Waals surface area contributed by atoms with E-state index in [0.717, 1.165) is 61.5 Å². The summed E-state index contributed by atoms with van der Waals surface area (Å²) in [5.41, 5.74) is 0.948. The van der Waals surface area contributed by atoms with Gasteiger partial charge in [-0.15, -0.1) is 10.2 Å². The van der Waals surface area contributed by atoms with Crippen LogP contribution < -0.4 is 4.90 Å². The molecule has 2 saturated heterocycles. The molecule has 8 nitrogen and oxygen atoms in total. The SMILES string of the molecule is Clc1ccc(-c2cnc(CSc3nnc(N4CCOCC4)n3CC3CCCO3)o2)cc1. The van der Waals surface area contributed by atoms with Crippen molar-refractivity contribution in [3.05, 3.63) is 41.4 Å². The quantitative estimate of drug-likeness (QED) is 0.490. The molecule has 3 aromatic rings. The molecule has 5 rings (SSSR count). The standard InChI is InChI=1S/C21H24ClN5O3S/c22-16-5-3-15(4-6-16)18-12-23-19(30-18)14-31-21-25-24-20(26-7-10-28-11-8-26)27(21)13-17-2-1-9-29-17/h3-6,12,17H,1-2,7-11,13-14H2. The van der Waals surface area contributed by atoms with Crippen LogP contribution in [0.15, 0.2) is 40.0 Å². The first-order valence-corrected chi connectivity index (χ1v) is 11.8. The fraction of sp³-hybridized carbons (Fsp3) is 0.476. The van der Waals surface area contributed by atoms with E-state index in [1.807, 2.05) is 24.3 Å². The Balaban J connectivity index is 1.31. The Labute approximate surface area is 189 Å². The zero-order valence-electron chi connectivity index (χ0n) is 17.1. The van der Waals surface area contributed by atoms with E-state index in [0.29, 0.717) is 29.9 Å². The lowest BCUT2D eigenvalue weighted by atomic mass is 10.2. The van der Waals surface area contributed by atoms with E-state index < -0.39 is 0 Å². The average Bonchev–Trinajstić information content (AvgIpc) is 3.56. The lowest BCUT2D eigenvalue weighted by Gasteiger charge is -2.28. The molecule has 0 bridgehead atoms. The topological polar surface area (TPSA) is 78.4 Å². The zero-order chi connectivity index (χ0) is 21.0. The number of rotatable bonds is 7. The molecule has 0 amide bonds. The number of hydrogen-bond acceptors (Lipinski definition) is 8. The van der Waals surface area contributed by atoms with Gasteiger partial charge in [0.1, 0.15) is 0 Å². The predicted octanol–water partition coefficient (Wildman–Crippen LogP) is 3.89. The van der Waals surface area contributed by atoms with Gasteiger partial charge < -0.3 is 18.8 Å². The summed E-state index contributed by atoms with van der Waals surface area (Å²) in [5.74, 6) is 2.83. The largest absolute Gasteiger partial charge is 0.440 e. The second-order valence-corrected chi connectivity index (χ2v) is 8.92. The minimum Gasteiger partial charge on any atom is -0.440 e. The fourth-order valence-corrected chi connectivity index (χ4v) is 4.71. The molecule has 2 aliphatic heterocycles. The normalized spacial score (nSPS) is 19.3. The van der Waals surface area contributed by atoms with Gasteiger partial charge in [-0.2, -0.15) is 0 Å². The van der Waals surface area contributed by atoms with Crippen LogP contribution in [-0.4, -0.2) is 58.8 Å². The average molecular weight is 462 g/mol. The Morgan fingerprint density at radius 2 is 1.94 bits per heavy atom. The molecular weight excluding hydrogens is 438 g/mol. The molecule has 2 aliphatic rings. The van der Waals surface area contributed by atoms with Gasteiger partial charge in [0.05, 0.1) is 37.8 Å². The Hall–Kier alpha value is -2.07. The molecule has 2 fully saturated rings. The minimum absolute atomic E-state index is 0.202. The highest BCUT2D eigenvalue weighted by molar-refractivity contribution is 7.98. The van der Waals surface area contributed by atoms with E-state index in [2.05, 4.69) is 24.6 Å². The highest BCUT2D eigenvalue weighted by Crippen LogP contribution is 2.29. The van der Waals surface area contributed by atoms with Crippen molar-refractivity contribution < 1.29 is 13.9 Å². The molecule has 0 aliphatic carbocycles. The molecular formula is C21H24ClN5O3S. The first-order chi connectivity index (χ1) is 15.3. The Morgan fingerprint density at radius 3 is 2.71 bits per heavy atom. The highest BCUT2D eigenvalue weighted by atomic mass is 35.5. The number of hydrogen-bond donors (Lipinski definition) is 0. The van der Waals surface area contributed by atoms with E-state index in [1.54, 1.807) is 18.0 Å². The van der Waals surface area contributed by atoms with Crippen LogP contribution in [-0.2, 0) is 21.8 Å². The third-order valence-electron chi connectivity index (χ3n) is 5.41. The first kappa shape index (κ1) is 20.8. The number of anilines is 1. The van der Waals surface area contributed by atoms with E-state index in [1.165, 1.54) is 0 Å². The molecule has 1 unspecified atom stereocenters. The number of nitrogens with zero attached hydrogens (tertiary/aromatic N) is 5. The van der Waals surface area contributed by atoms with Crippen LogP contribution in [0.25, 0.3) is 11.3 Å². The summed E-state index contributed by atoms with van der Waals surface area (Å²) in [7, 11) is 0. The summed E-state index contributed by atoms with van der Waals surface area (Å²) in [6.45, 7) is 4.63. The van der Waals surface area contributed by atoms with Gasteiger partial charge in [-0.25, -0.2) is 4.98 Å². The summed E-state index contributed by atoms with van der Waals surface area (Å²) < 4.78 is 19.5. The second kappa shape index (κ2) is 9.60. The monoisotopic (exact) mass is 461 g/mol. The summed E-state index contributed by atoms with van der Waals surface area (Å²) >= 11 is 7.55. The summed E-state index contributed by atoms with van der Waals surface area (Å²) in [4.78, 5) is 6.67. The van der Waals surface area contributed by atoms with E-state index >= 15 is 0 Å². The van der Waals surface area contributed by atoms with Crippen molar-refractivity contribution in [2.24, 2.45) is 0 Å². The first-order valence-electron chi connectivity index (χ1n) is 10.5. The van der Waals surface area contributed by atoms with Gasteiger partial charge in [-0.3, -0.25) is 4.57 Å². The number of oxazole rings is 1. The zero-order valence-corrected chi connectivity index (χ0v) is 18.6. The molecule has 0 N–H and O–H groups in total. The van der Waals surface area contributed by atoms with Crippen LogP contribution in [0.2, 0.25) is 5.02 Å². The third-order valence-corrected chi connectivity index (χ3v) is 6.61. The Morgan fingerprint density at radius 1 is 1.10 bits per heavy atom. The number of thioether (sulfide) groups is 1. The minimum atomic E-state index is 0.202. The number of aromatic nitrogens is 4. The van der Waals surface area contributed by atoms with Gasteiger partial charge in [0, 0.05) is 30.3 Å². The fourth-order valence-electron chi connectivity index (χ4n) is 3.79. The Bertz CT molecular complexity index is 997. The van der Waals surface area contributed by atoms with Gasteiger partial charge in [0.2, 0.25) is 11.8 Å². The summed E-state index contributed by atoms with van der Waals surface area (Å²) in [6, 6.07) is 7.53. The summed E-state index contributed by atoms with van der Waals surface area (Å²) in [5, 5.41) is 10.5. The lowest BCUT2D eigenvalue weighted by Crippen LogP contribution is -2.38. The molecule has 0 radical (unpaired) electrons. The Kier molecular flexibility index (Phi) is 6.45. The maximum absolute atomic E-state index is 5.97. The molecule has 10 heteroatoms. The van der Waals surface area contributed by atoms with Crippen LogP contribution >= 0.6 is 23.4 Å². The lowest BCUT2D eigenvalue weighted by molar-refractivity contribution is 0.0942. The smallest absolute Gasteiger partial charge is 0.228 e. The van der Waals surface area contributed by atoms with Crippen LogP contribution in [0.1, 0.15) is 18.7 Å². The van der Waals surface area contributed by atoms with Gasteiger partial charge in [-0.1, -0.05) is 23.4 Å². The third kappa shape index (κ3) is 4.90. The van der Waals surface area contributed by atoms with Crippen molar-refractivity contribution in [2.75, 3.05) is 37.8 Å². The van der Waals surface area contributed by atoms with Crippen molar-refractivity contribution in [1.82, 2.24) is 19.7 Å². The van der Waals surface area contributed by atoms with Crippen molar-refractivity contribution in [3.8, 4) is 11.3 Å². The molecule has 2 aromatic heterocycles. The second-order valence-electron chi connectivity index (χ2n) is 7.54. The van der Waals surface area contributed by atoms with E-state index in [4.69, 9.17) is 25.5 Å². The number of ether oxygens (including phenoxy) is 2. The predicted molar refractivity (Wildman–Crippen MR) is 119 cm³/mol. The number of benzene rings is 1. The number of halogens is 1. The van der Waals surface area contributed by atoms with Crippen molar-refractivity contribution in [2.45, 2.75) is 36.4 Å². The molecule has 0 spiro atoms. The van der Waals surface area contributed by atoms with E-state index in [9.17, 15) is 0 Å². The van der Waals surface area contributed by atoms with Crippen LogP contribution in [0.3, 0.4) is 0 Å². The van der Waals surface area contributed by atoms with Gasteiger partial charge >= 0.3 is 0 Å². The van der Waals surface area contributed by atoms with Crippen molar-refractivity contribution >= 4 is 29.3 Å². The highest BCUT2D eigenvalue weighted by Gasteiger charge is 2.25. The van der Waals surface area contributed by atoms with Crippen LogP contribution in [0.4, 0.5) is 5.95 Å². The van der Waals surface area contributed by atoms with Crippen LogP contribution in [0, 0.1) is 0 Å².